The van der Waals surface area contributed by atoms with E-state index in [1.807, 2.05) is 30.3 Å². The number of halogens is 1. The first-order chi connectivity index (χ1) is 10.5. The zero-order valence-corrected chi connectivity index (χ0v) is 12.3. The number of hydrogen-bond donors (Lipinski definition) is 2. The summed E-state index contributed by atoms with van der Waals surface area (Å²) < 4.78 is 39.8. The Labute approximate surface area is 127 Å². The third kappa shape index (κ3) is 3.15. The fourth-order valence-corrected chi connectivity index (χ4v) is 3.33. The van der Waals surface area contributed by atoms with Crippen LogP contribution < -0.4 is 10.1 Å². The van der Waals surface area contributed by atoms with Crippen molar-refractivity contribution in [3.05, 3.63) is 66.0 Å². The van der Waals surface area contributed by atoms with E-state index in [0.717, 1.165) is 23.4 Å². The van der Waals surface area contributed by atoms with Crippen LogP contribution in [0.1, 0.15) is 12.0 Å². The van der Waals surface area contributed by atoms with Crippen LogP contribution in [0.4, 0.5) is 4.39 Å². The van der Waals surface area contributed by atoms with Crippen molar-refractivity contribution in [2.24, 2.45) is 5.10 Å². The highest BCUT2D eigenvalue weighted by molar-refractivity contribution is 7.89. The monoisotopic (exact) mass is 319 g/mol. The molecule has 114 valence electrons. The Balaban J connectivity index is 1.69. The molecule has 0 saturated carbocycles. The molecule has 0 amide bonds. The van der Waals surface area contributed by atoms with Crippen LogP contribution in [0.3, 0.4) is 0 Å². The molecule has 1 aliphatic heterocycles. The number of sulfonamides is 1. The second-order valence-corrected chi connectivity index (χ2v) is 6.60. The largest absolute Gasteiger partial charge is 0.291 e. The third-order valence-corrected chi connectivity index (χ3v) is 4.77. The number of benzene rings is 2. The normalized spacial score (nSPS) is 17.9. The van der Waals surface area contributed by atoms with Gasteiger partial charge in [0, 0.05) is 6.42 Å². The summed E-state index contributed by atoms with van der Waals surface area (Å²) in [5.41, 5.74) is 4.49. The van der Waals surface area contributed by atoms with Crippen molar-refractivity contribution in [3.8, 4) is 0 Å². The minimum absolute atomic E-state index is 0.0175. The standard InChI is InChI=1S/C15H14FN3O2S/c16-12-6-8-13(9-7-12)22(20,21)19-15-10-14(17-18-15)11-4-2-1-3-5-11/h1-9,15,18-19H,10H2. The zero-order valence-electron chi connectivity index (χ0n) is 11.5. The van der Waals surface area contributed by atoms with Crippen molar-refractivity contribution in [1.82, 2.24) is 10.1 Å². The van der Waals surface area contributed by atoms with Crippen LogP contribution in [-0.4, -0.2) is 20.3 Å². The minimum atomic E-state index is -3.72. The number of nitrogens with one attached hydrogen (secondary N) is 2. The molecule has 0 aliphatic carbocycles. The van der Waals surface area contributed by atoms with Crippen molar-refractivity contribution in [1.29, 1.82) is 0 Å². The quantitative estimate of drug-likeness (QED) is 0.903. The average Bonchev–Trinajstić information content (AvgIpc) is 2.96. The maximum atomic E-state index is 12.9. The molecule has 0 fully saturated rings. The molecule has 1 aliphatic rings. The van der Waals surface area contributed by atoms with E-state index in [0.29, 0.717) is 6.42 Å². The Hall–Kier alpha value is -2.25. The highest BCUT2D eigenvalue weighted by atomic mass is 32.2. The van der Waals surface area contributed by atoms with Crippen molar-refractivity contribution >= 4 is 15.7 Å². The van der Waals surface area contributed by atoms with Crippen LogP contribution in [0.5, 0.6) is 0 Å². The molecule has 0 radical (unpaired) electrons. The Morgan fingerprint density at radius 3 is 2.45 bits per heavy atom. The van der Waals surface area contributed by atoms with Gasteiger partial charge in [0.2, 0.25) is 10.0 Å². The molecule has 0 aromatic heterocycles. The van der Waals surface area contributed by atoms with Gasteiger partial charge in [0.15, 0.2) is 0 Å². The minimum Gasteiger partial charge on any atom is -0.291 e. The fourth-order valence-electron chi connectivity index (χ4n) is 2.19. The van der Waals surface area contributed by atoms with Gasteiger partial charge in [-0.25, -0.2) is 12.8 Å². The predicted octanol–water partition coefficient (Wildman–Crippen LogP) is 1.83. The molecule has 2 aromatic carbocycles. The summed E-state index contributed by atoms with van der Waals surface area (Å²) in [6, 6.07) is 14.2. The highest BCUT2D eigenvalue weighted by Crippen LogP contribution is 2.14. The summed E-state index contributed by atoms with van der Waals surface area (Å²) in [5.74, 6) is -0.479. The molecule has 0 saturated heterocycles. The van der Waals surface area contributed by atoms with E-state index in [1.54, 1.807) is 0 Å². The van der Waals surface area contributed by atoms with Gasteiger partial charge in [-0.15, -0.1) is 0 Å². The maximum absolute atomic E-state index is 12.9. The first kappa shape index (κ1) is 14.7. The second kappa shape index (κ2) is 5.86. The number of rotatable bonds is 4. The molecule has 22 heavy (non-hydrogen) atoms. The SMILES string of the molecule is O=S(=O)(NC1CC(c2ccccc2)=NN1)c1ccc(F)cc1. The lowest BCUT2D eigenvalue weighted by atomic mass is 10.1. The van der Waals surface area contributed by atoms with Crippen molar-refractivity contribution in [3.63, 3.8) is 0 Å². The van der Waals surface area contributed by atoms with Crippen LogP contribution in [-0.2, 0) is 10.0 Å². The average molecular weight is 319 g/mol. The van der Waals surface area contributed by atoms with Crippen LogP contribution >= 0.6 is 0 Å². The topological polar surface area (TPSA) is 70.6 Å². The molecular weight excluding hydrogens is 305 g/mol. The summed E-state index contributed by atoms with van der Waals surface area (Å²) in [6.45, 7) is 0. The molecule has 2 aromatic rings. The van der Waals surface area contributed by atoms with Crippen LogP contribution in [0.25, 0.3) is 0 Å². The summed E-state index contributed by atoms with van der Waals surface area (Å²) in [5, 5.41) is 4.16. The predicted molar refractivity (Wildman–Crippen MR) is 81.2 cm³/mol. The van der Waals surface area contributed by atoms with Gasteiger partial charge in [0.25, 0.3) is 0 Å². The lowest BCUT2D eigenvalue weighted by Crippen LogP contribution is -2.40. The molecule has 1 heterocycles. The number of nitrogens with zero attached hydrogens (tertiary/aromatic N) is 1. The lowest BCUT2D eigenvalue weighted by Gasteiger charge is -2.13. The van der Waals surface area contributed by atoms with Crippen LogP contribution in [0.15, 0.2) is 64.6 Å². The van der Waals surface area contributed by atoms with Crippen LogP contribution in [0.2, 0.25) is 0 Å². The van der Waals surface area contributed by atoms with Gasteiger partial charge in [-0.3, -0.25) is 5.43 Å². The van der Waals surface area contributed by atoms with Gasteiger partial charge in [-0.1, -0.05) is 30.3 Å². The maximum Gasteiger partial charge on any atom is 0.242 e. The Kier molecular flexibility index (Phi) is 3.91. The molecule has 3 rings (SSSR count). The van der Waals surface area contributed by atoms with E-state index in [9.17, 15) is 12.8 Å². The first-order valence-corrected chi connectivity index (χ1v) is 8.18. The van der Waals surface area contributed by atoms with Crippen LogP contribution in [0, 0.1) is 5.82 Å². The third-order valence-electron chi connectivity index (χ3n) is 3.28. The first-order valence-electron chi connectivity index (χ1n) is 6.70. The molecule has 1 unspecified atom stereocenters. The summed E-state index contributed by atoms with van der Waals surface area (Å²) in [4.78, 5) is 0.0175. The number of hydrogen-bond acceptors (Lipinski definition) is 4. The van der Waals surface area contributed by atoms with Gasteiger partial charge in [0.1, 0.15) is 12.0 Å². The molecule has 7 heteroatoms. The van der Waals surface area contributed by atoms with Crippen molar-refractivity contribution < 1.29 is 12.8 Å². The molecule has 0 spiro atoms. The van der Waals surface area contributed by atoms with E-state index in [-0.39, 0.29) is 4.90 Å². The molecule has 5 nitrogen and oxygen atoms in total. The Morgan fingerprint density at radius 2 is 1.77 bits per heavy atom. The Bertz CT molecular complexity index is 789. The van der Waals surface area contributed by atoms with E-state index in [1.165, 1.54) is 12.1 Å². The van der Waals surface area contributed by atoms with Gasteiger partial charge in [-0.2, -0.15) is 9.82 Å². The Morgan fingerprint density at radius 1 is 1.09 bits per heavy atom. The van der Waals surface area contributed by atoms with Crippen molar-refractivity contribution in [2.75, 3.05) is 0 Å². The molecular formula is C15H14FN3O2S. The second-order valence-electron chi connectivity index (χ2n) is 4.89. The zero-order chi connectivity index (χ0) is 15.6. The van der Waals surface area contributed by atoms with E-state index in [4.69, 9.17) is 0 Å². The molecule has 1 atom stereocenters. The van der Waals surface area contributed by atoms with Gasteiger partial charge < -0.3 is 0 Å². The molecule has 0 bridgehead atoms. The molecule has 2 N–H and O–H groups in total. The smallest absolute Gasteiger partial charge is 0.242 e. The van der Waals surface area contributed by atoms with Gasteiger partial charge in [0.05, 0.1) is 10.6 Å². The van der Waals surface area contributed by atoms with Gasteiger partial charge >= 0.3 is 0 Å². The summed E-state index contributed by atoms with van der Waals surface area (Å²) in [7, 11) is -3.72. The van der Waals surface area contributed by atoms with Crippen molar-refractivity contribution in [2.45, 2.75) is 17.5 Å². The van der Waals surface area contributed by atoms with E-state index < -0.39 is 22.0 Å². The highest BCUT2D eigenvalue weighted by Gasteiger charge is 2.25. The van der Waals surface area contributed by atoms with E-state index >= 15 is 0 Å². The summed E-state index contributed by atoms with van der Waals surface area (Å²) >= 11 is 0. The number of hydrazone groups is 1. The summed E-state index contributed by atoms with van der Waals surface area (Å²) in [6.07, 6.45) is -0.0879. The van der Waals surface area contributed by atoms with E-state index in [2.05, 4.69) is 15.2 Å². The lowest BCUT2D eigenvalue weighted by molar-refractivity contribution is 0.521. The van der Waals surface area contributed by atoms with Gasteiger partial charge in [-0.05, 0) is 29.8 Å². The fraction of sp³-hybridized carbons (Fsp3) is 0.133.